The van der Waals surface area contributed by atoms with Crippen LogP contribution in [0.4, 0.5) is 0 Å². The number of rotatable bonds is 5. The molecule has 0 aliphatic rings. The van der Waals surface area contributed by atoms with Gasteiger partial charge in [-0.2, -0.15) is 0 Å². The van der Waals surface area contributed by atoms with Gasteiger partial charge in [-0.1, -0.05) is 6.07 Å². The van der Waals surface area contributed by atoms with Crippen LogP contribution in [0.5, 0.6) is 0 Å². The van der Waals surface area contributed by atoms with E-state index in [4.69, 9.17) is 5.11 Å². The maximum absolute atomic E-state index is 11.0. The standard InChI is InChI=1S/C13H14N4O2/c1-9(10-3-2-4-14-5-10)16-7-12-11(13(18)19)6-15-8-17-12/h2-6,8-9,16H,7H2,1H3,(H,18,19)/t9-/m0/s1. The molecular weight excluding hydrogens is 244 g/mol. The minimum absolute atomic E-state index is 0.0605. The highest BCUT2D eigenvalue weighted by Crippen LogP contribution is 2.11. The lowest BCUT2D eigenvalue weighted by Crippen LogP contribution is -2.21. The van der Waals surface area contributed by atoms with E-state index in [-0.39, 0.29) is 11.6 Å². The lowest BCUT2D eigenvalue weighted by Gasteiger charge is -2.14. The Kier molecular flexibility index (Phi) is 4.15. The number of hydrogen-bond acceptors (Lipinski definition) is 5. The monoisotopic (exact) mass is 258 g/mol. The fourth-order valence-corrected chi connectivity index (χ4v) is 1.67. The van der Waals surface area contributed by atoms with Crippen molar-refractivity contribution in [3.8, 4) is 0 Å². The molecule has 0 aromatic carbocycles. The summed E-state index contributed by atoms with van der Waals surface area (Å²) >= 11 is 0. The molecule has 6 heteroatoms. The Bertz CT molecular complexity index is 560. The quantitative estimate of drug-likeness (QED) is 0.843. The summed E-state index contributed by atoms with van der Waals surface area (Å²) in [5.41, 5.74) is 1.63. The van der Waals surface area contributed by atoms with Crippen LogP contribution in [0.3, 0.4) is 0 Å². The third-order valence-corrected chi connectivity index (χ3v) is 2.79. The summed E-state index contributed by atoms with van der Waals surface area (Å²) < 4.78 is 0. The van der Waals surface area contributed by atoms with Gasteiger partial charge in [0.1, 0.15) is 11.9 Å². The second-order valence-corrected chi connectivity index (χ2v) is 4.08. The molecule has 6 nitrogen and oxygen atoms in total. The van der Waals surface area contributed by atoms with Crippen molar-refractivity contribution in [1.82, 2.24) is 20.3 Å². The maximum atomic E-state index is 11.0. The number of pyridine rings is 1. The number of carbonyl (C=O) groups is 1. The topological polar surface area (TPSA) is 88.0 Å². The van der Waals surface area contributed by atoms with E-state index in [0.717, 1.165) is 5.56 Å². The number of carboxylic acid groups (broad SMARTS) is 1. The van der Waals surface area contributed by atoms with E-state index in [1.54, 1.807) is 12.4 Å². The predicted octanol–water partition coefficient (Wildman–Crippen LogP) is 1.42. The summed E-state index contributed by atoms with van der Waals surface area (Å²) in [6.45, 7) is 2.35. The Balaban J connectivity index is 2.05. The van der Waals surface area contributed by atoms with Crippen LogP contribution in [-0.4, -0.2) is 26.0 Å². The summed E-state index contributed by atoms with van der Waals surface area (Å²) in [5, 5.41) is 12.2. The maximum Gasteiger partial charge on any atom is 0.339 e. The van der Waals surface area contributed by atoms with Gasteiger partial charge in [-0.3, -0.25) is 4.98 Å². The van der Waals surface area contributed by atoms with Gasteiger partial charge in [0.2, 0.25) is 0 Å². The Morgan fingerprint density at radius 3 is 2.95 bits per heavy atom. The molecule has 0 saturated carbocycles. The minimum atomic E-state index is -1.02. The summed E-state index contributed by atoms with van der Waals surface area (Å²) in [4.78, 5) is 22.8. The van der Waals surface area contributed by atoms with Crippen LogP contribution in [0.15, 0.2) is 37.1 Å². The lowest BCUT2D eigenvalue weighted by molar-refractivity contribution is 0.0694. The first-order valence-electron chi connectivity index (χ1n) is 5.84. The largest absolute Gasteiger partial charge is 0.478 e. The summed E-state index contributed by atoms with van der Waals surface area (Å²) in [5.74, 6) is -1.02. The molecule has 2 rings (SSSR count). The molecule has 0 radical (unpaired) electrons. The Morgan fingerprint density at radius 1 is 1.42 bits per heavy atom. The zero-order valence-electron chi connectivity index (χ0n) is 10.4. The molecule has 2 aromatic heterocycles. The molecule has 0 spiro atoms. The molecule has 2 heterocycles. The van der Waals surface area contributed by atoms with E-state index < -0.39 is 5.97 Å². The van der Waals surface area contributed by atoms with E-state index >= 15 is 0 Å². The van der Waals surface area contributed by atoms with E-state index in [9.17, 15) is 4.79 Å². The molecule has 98 valence electrons. The summed E-state index contributed by atoms with van der Waals surface area (Å²) in [7, 11) is 0. The van der Waals surface area contributed by atoms with Crippen molar-refractivity contribution in [2.75, 3.05) is 0 Å². The van der Waals surface area contributed by atoms with Crippen molar-refractivity contribution in [1.29, 1.82) is 0 Å². The highest BCUT2D eigenvalue weighted by molar-refractivity contribution is 5.88. The molecule has 0 aliphatic heterocycles. The average Bonchev–Trinajstić information content (AvgIpc) is 2.46. The van der Waals surface area contributed by atoms with Gasteiger partial charge in [-0.15, -0.1) is 0 Å². The van der Waals surface area contributed by atoms with Gasteiger partial charge in [-0.05, 0) is 18.6 Å². The van der Waals surface area contributed by atoms with Crippen LogP contribution in [0.2, 0.25) is 0 Å². The summed E-state index contributed by atoms with van der Waals surface area (Å²) in [6.07, 6.45) is 6.14. The number of carboxylic acids is 1. The number of nitrogens with zero attached hydrogens (tertiary/aromatic N) is 3. The molecule has 0 unspecified atom stereocenters. The molecule has 19 heavy (non-hydrogen) atoms. The van der Waals surface area contributed by atoms with Crippen LogP contribution in [0.25, 0.3) is 0 Å². The molecule has 1 atom stereocenters. The van der Waals surface area contributed by atoms with E-state index in [1.807, 2.05) is 19.1 Å². The molecular formula is C13H14N4O2. The highest BCUT2D eigenvalue weighted by Gasteiger charge is 2.12. The smallest absolute Gasteiger partial charge is 0.339 e. The second kappa shape index (κ2) is 6.01. The number of hydrogen-bond donors (Lipinski definition) is 2. The average molecular weight is 258 g/mol. The number of aromatic carboxylic acids is 1. The van der Waals surface area contributed by atoms with Gasteiger partial charge < -0.3 is 10.4 Å². The molecule has 0 amide bonds. The Hall–Kier alpha value is -2.34. The normalized spacial score (nSPS) is 12.1. The fourth-order valence-electron chi connectivity index (χ4n) is 1.67. The van der Waals surface area contributed by atoms with Gasteiger partial charge in [0, 0.05) is 31.2 Å². The third kappa shape index (κ3) is 3.32. The molecule has 0 bridgehead atoms. The zero-order chi connectivity index (χ0) is 13.7. The van der Waals surface area contributed by atoms with Crippen LogP contribution in [0.1, 0.15) is 34.6 Å². The SMILES string of the molecule is C[C@H](NCc1ncncc1C(=O)O)c1cccnc1. The molecule has 0 saturated heterocycles. The Labute approximate surface area is 110 Å². The van der Waals surface area contributed by atoms with Crippen LogP contribution in [0, 0.1) is 0 Å². The molecule has 2 aromatic rings. The predicted molar refractivity (Wildman–Crippen MR) is 68.5 cm³/mol. The van der Waals surface area contributed by atoms with Gasteiger partial charge >= 0.3 is 5.97 Å². The Morgan fingerprint density at radius 2 is 2.26 bits per heavy atom. The summed E-state index contributed by atoms with van der Waals surface area (Å²) in [6, 6.07) is 3.88. The second-order valence-electron chi connectivity index (χ2n) is 4.08. The van der Waals surface area contributed by atoms with E-state index in [0.29, 0.717) is 12.2 Å². The van der Waals surface area contributed by atoms with Crippen LogP contribution >= 0.6 is 0 Å². The number of aromatic nitrogens is 3. The van der Waals surface area contributed by atoms with E-state index in [2.05, 4.69) is 20.3 Å². The molecule has 0 fully saturated rings. The van der Waals surface area contributed by atoms with Crippen molar-refractivity contribution in [3.05, 3.63) is 53.9 Å². The van der Waals surface area contributed by atoms with Crippen molar-refractivity contribution in [2.45, 2.75) is 19.5 Å². The molecule has 0 aliphatic carbocycles. The first kappa shape index (κ1) is 13.1. The molecule has 2 N–H and O–H groups in total. The van der Waals surface area contributed by atoms with Gasteiger partial charge in [0.25, 0.3) is 0 Å². The van der Waals surface area contributed by atoms with Crippen LogP contribution < -0.4 is 5.32 Å². The van der Waals surface area contributed by atoms with Crippen LogP contribution in [-0.2, 0) is 6.54 Å². The highest BCUT2D eigenvalue weighted by atomic mass is 16.4. The van der Waals surface area contributed by atoms with Crippen molar-refractivity contribution in [2.24, 2.45) is 0 Å². The first-order valence-corrected chi connectivity index (χ1v) is 5.84. The first-order chi connectivity index (χ1) is 9.18. The van der Waals surface area contributed by atoms with Gasteiger partial charge in [0.05, 0.1) is 5.69 Å². The number of nitrogens with one attached hydrogen (secondary N) is 1. The van der Waals surface area contributed by atoms with Gasteiger partial charge in [0.15, 0.2) is 0 Å². The van der Waals surface area contributed by atoms with Crippen molar-refractivity contribution < 1.29 is 9.90 Å². The fraction of sp³-hybridized carbons (Fsp3) is 0.231. The van der Waals surface area contributed by atoms with Gasteiger partial charge in [-0.25, -0.2) is 14.8 Å². The third-order valence-electron chi connectivity index (χ3n) is 2.79. The minimum Gasteiger partial charge on any atom is -0.478 e. The lowest BCUT2D eigenvalue weighted by atomic mass is 10.1. The zero-order valence-corrected chi connectivity index (χ0v) is 10.4. The van der Waals surface area contributed by atoms with E-state index in [1.165, 1.54) is 12.5 Å². The van der Waals surface area contributed by atoms with Crippen molar-refractivity contribution >= 4 is 5.97 Å². The van der Waals surface area contributed by atoms with Crippen molar-refractivity contribution in [3.63, 3.8) is 0 Å².